The van der Waals surface area contributed by atoms with Crippen molar-refractivity contribution in [3.63, 3.8) is 0 Å². The van der Waals surface area contributed by atoms with Gasteiger partial charge in [0.1, 0.15) is 6.10 Å². The number of ketones is 1. The third kappa shape index (κ3) is 5.00. The fourth-order valence-corrected chi connectivity index (χ4v) is 4.74. The van der Waals surface area contributed by atoms with Gasteiger partial charge in [-0.05, 0) is 36.2 Å². The van der Waals surface area contributed by atoms with E-state index in [0.717, 1.165) is 0 Å². The van der Waals surface area contributed by atoms with E-state index >= 15 is 0 Å². The minimum Gasteiger partial charge on any atom is -0.493 e. The molecular weight excluding hydrogens is 476 g/mol. The zero-order valence-electron chi connectivity index (χ0n) is 21.0. The molecule has 0 aromatic heterocycles. The van der Waals surface area contributed by atoms with Crippen molar-refractivity contribution in [1.29, 1.82) is 0 Å². The van der Waals surface area contributed by atoms with E-state index in [0.29, 0.717) is 45.9 Å². The first-order valence-corrected chi connectivity index (χ1v) is 11.8. The van der Waals surface area contributed by atoms with Gasteiger partial charge in [0.2, 0.25) is 5.75 Å². The fraction of sp³-hybridized carbons (Fsp3) is 0.276. The highest BCUT2D eigenvalue weighted by atomic mass is 16.5. The van der Waals surface area contributed by atoms with Crippen molar-refractivity contribution in [2.75, 3.05) is 21.3 Å². The first-order valence-electron chi connectivity index (χ1n) is 11.8. The van der Waals surface area contributed by atoms with E-state index in [1.165, 1.54) is 33.5 Å². The van der Waals surface area contributed by atoms with Crippen LogP contribution in [-0.2, 0) is 9.53 Å². The molecule has 1 fully saturated rings. The van der Waals surface area contributed by atoms with Crippen LogP contribution in [0.25, 0.3) is 0 Å². The van der Waals surface area contributed by atoms with E-state index in [4.69, 9.17) is 18.9 Å². The monoisotopic (exact) mass is 504 g/mol. The van der Waals surface area contributed by atoms with Gasteiger partial charge in [-0.15, -0.1) is 0 Å². The molecule has 0 amide bonds. The van der Waals surface area contributed by atoms with E-state index < -0.39 is 29.9 Å². The third-order valence-electron chi connectivity index (χ3n) is 6.74. The Kier molecular flexibility index (Phi) is 7.47. The van der Waals surface area contributed by atoms with Gasteiger partial charge < -0.3 is 24.1 Å². The van der Waals surface area contributed by atoms with Crippen LogP contribution >= 0.6 is 0 Å². The topological polar surface area (TPSA) is 108 Å². The van der Waals surface area contributed by atoms with Gasteiger partial charge in [-0.25, -0.2) is 4.79 Å². The highest BCUT2D eigenvalue weighted by molar-refractivity contribution is 6.09. The molecule has 192 valence electrons. The number of carboxylic acid groups (broad SMARTS) is 1. The van der Waals surface area contributed by atoms with Crippen LogP contribution in [0.1, 0.15) is 62.8 Å². The number of methoxy groups -OCH3 is 3. The Morgan fingerprint density at radius 2 is 1.54 bits per heavy atom. The zero-order valence-corrected chi connectivity index (χ0v) is 21.0. The molecule has 3 atom stereocenters. The molecule has 0 radical (unpaired) electrons. The number of esters is 1. The van der Waals surface area contributed by atoms with Crippen molar-refractivity contribution in [2.24, 2.45) is 5.92 Å². The van der Waals surface area contributed by atoms with Gasteiger partial charge in [-0.1, -0.05) is 43.3 Å². The molecule has 1 aliphatic heterocycles. The molecule has 0 aliphatic carbocycles. The van der Waals surface area contributed by atoms with E-state index in [9.17, 15) is 19.5 Å². The number of cyclic esters (lactones) is 1. The second-order valence-electron chi connectivity index (χ2n) is 8.82. The van der Waals surface area contributed by atoms with Crippen LogP contribution in [0.3, 0.4) is 0 Å². The lowest BCUT2D eigenvalue weighted by atomic mass is 9.77. The minimum atomic E-state index is -1.14. The van der Waals surface area contributed by atoms with Crippen LogP contribution < -0.4 is 14.2 Å². The number of hydrogen-bond acceptors (Lipinski definition) is 7. The van der Waals surface area contributed by atoms with Crippen molar-refractivity contribution >= 4 is 17.7 Å². The molecule has 1 aliphatic rings. The van der Waals surface area contributed by atoms with Crippen molar-refractivity contribution in [3.8, 4) is 17.2 Å². The van der Waals surface area contributed by atoms with Crippen LogP contribution in [0.15, 0.2) is 60.7 Å². The number of benzene rings is 3. The molecule has 37 heavy (non-hydrogen) atoms. The van der Waals surface area contributed by atoms with Crippen molar-refractivity contribution in [3.05, 3.63) is 88.5 Å². The van der Waals surface area contributed by atoms with Gasteiger partial charge in [-0.3, -0.25) is 9.59 Å². The maximum absolute atomic E-state index is 13.1. The summed E-state index contributed by atoms with van der Waals surface area (Å²) in [5.74, 6) is -1.75. The van der Waals surface area contributed by atoms with Crippen molar-refractivity contribution in [1.82, 2.24) is 0 Å². The number of hydrogen-bond donors (Lipinski definition) is 1. The largest absolute Gasteiger partial charge is 0.493 e. The zero-order chi connectivity index (χ0) is 26.7. The smallest absolute Gasteiger partial charge is 0.335 e. The molecule has 0 saturated carbocycles. The second-order valence-corrected chi connectivity index (χ2v) is 8.82. The van der Waals surface area contributed by atoms with E-state index in [1.807, 2.05) is 6.07 Å². The summed E-state index contributed by atoms with van der Waals surface area (Å²) in [6, 6.07) is 16.7. The summed E-state index contributed by atoms with van der Waals surface area (Å²) in [7, 11) is 4.48. The Morgan fingerprint density at radius 3 is 2.11 bits per heavy atom. The molecule has 1 saturated heterocycles. The number of aromatic carboxylic acids is 1. The summed E-state index contributed by atoms with van der Waals surface area (Å²) in [5.41, 5.74) is 1.91. The lowest BCUT2D eigenvalue weighted by Gasteiger charge is -2.35. The fourth-order valence-electron chi connectivity index (χ4n) is 4.74. The Balaban J connectivity index is 1.77. The Hall–Kier alpha value is -4.33. The lowest BCUT2D eigenvalue weighted by molar-refractivity contribution is -0.161. The van der Waals surface area contributed by atoms with Crippen LogP contribution in [-0.4, -0.2) is 44.2 Å². The quantitative estimate of drug-likeness (QED) is 0.335. The Labute approximate surface area is 214 Å². The molecule has 4 rings (SSSR count). The van der Waals surface area contributed by atoms with Crippen LogP contribution in [0.4, 0.5) is 0 Å². The standard InChI is InChI=1S/C29H28O8/c1-16-21(15-23(37-29(16)33)19-13-24(34-2)27(36-4)25(14-19)35-3)22-12-18(10-11-20(22)28(31)32)26(30)17-8-6-5-7-9-17/h5-14,16,21,23H,15H2,1-4H3,(H,31,32)/t16-,21+,23+/m0/s1. The maximum atomic E-state index is 13.1. The molecule has 8 heteroatoms. The minimum absolute atomic E-state index is 0.0415. The average molecular weight is 505 g/mol. The Bertz CT molecular complexity index is 1310. The first-order chi connectivity index (χ1) is 17.8. The lowest BCUT2D eigenvalue weighted by Crippen LogP contribution is -2.32. The molecule has 1 N–H and O–H groups in total. The molecule has 0 unspecified atom stereocenters. The maximum Gasteiger partial charge on any atom is 0.335 e. The molecular formula is C29H28O8. The number of ether oxygens (including phenoxy) is 4. The number of carbonyl (C=O) groups excluding carboxylic acids is 2. The normalized spacial score (nSPS) is 19.0. The summed E-state index contributed by atoms with van der Waals surface area (Å²) >= 11 is 0. The number of rotatable bonds is 8. The van der Waals surface area contributed by atoms with E-state index in [1.54, 1.807) is 49.4 Å². The van der Waals surface area contributed by atoms with Gasteiger partial charge in [-0.2, -0.15) is 0 Å². The first kappa shape index (κ1) is 25.8. The molecule has 0 spiro atoms. The van der Waals surface area contributed by atoms with Crippen LogP contribution in [0, 0.1) is 5.92 Å². The second kappa shape index (κ2) is 10.7. The predicted octanol–water partition coefficient (Wildman–Crippen LogP) is 5.05. The summed E-state index contributed by atoms with van der Waals surface area (Å²) < 4.78 is 22.0. The van der Waals surface area contributed by atoms with Crippen LogP contribution in [0.2, 0.25) is 0 Å². The average Bonchev–Trinajstić information content (AvgIpc) is 2.93. The highest BCUT2D eigenvalue weighted by Gasteiger charge is 2.39. The SMILES string of the molecule is COc1cc([C@H]2C[C@@H](c3cc(C(=O)c4ccccc4)ccc3C(=O)O)[C@H](C)C(=O)O2)cc(OC)c1OC. The van der Waals surface area contributed by atoms with E-state index in [-0.39, 0.29) is 11.3 Å². The molecule has 1 heterocycles. The van der Waals surface area contributed by atoms with Gasteiger partial charge in [0.25, 0.3) is 0 Å². The number of carboxylic acids is 1. The van der Waals surface area contributed by atoms with Gasteiger partial charge in [0, 0.05) is 22.6 Å². The molecule has 3 aromatic carbocycles. The highest BCUT2D eigenvalue weighted by Crippen LogP contribution is 2.46. The van der Waals surface area contributed by atoms with E-state index in [2.05, 4.69) is 0 Å². The predicted molar refractivity (Wildman–Crippen MR) is 135 cm³/mol. The summed E-state index contributed by atoms with van der Waals surface area (Å²) in [6.07, 6.45) is -0.396. The van der Waals surface area contributed by atoms with Crippen molar-refractivity contribution < 1.29 is 38.4 Å². The Morgan fingerprint density at radius 1 is 0.892 bits per heavy atom. The van der Waals surface area contributed by atoms with Gasteiger partial charge in [0.15, 0.2) is 17.3 Å². The van der Waals surface area contributed by atoms with Crippen LogP contribution in [0.5, 0.6) is 17.2 Å². The molecule has 3 aromatic rings. The number of carbonyl (C=O) groups is 3. The molecule has 0 bridgehead atoms. The summed E-state index contributed by atoms with van der Waals surface area (Å²) in [5, 5.41) is 9.92. The third-order valence-corrected chi connectivity index (χ3v) is 6.74. The summed E-state index contributed by atoms with van der Waals surface area (Å²) in [6.45, 7) is 1.70. The molecule has 8 nitrogen and oxygen atoms in total. The summed E-state index contributed by atoms with van der Waals surface area (Å²) in [4.78, 5) is 38.3. The van der Waals surface area contributed by atoms with Crippen molar-refractivity contribution in [2.45, 2.75) is 25.4 Å². The van der Waals surface area contributed by atoms with Gasteiger partial charge >= 0.3 is 11.9 Å². The van der Waals surface area contributed by atoms with Gasteiger partial charge in [0.05, 0.1) is 32.8 Å².